The summed E-state index contributed by atoms with van der Waals surface area (Å²) < 4.78 is 161. The molecular weight excluding hydrogens is 1080 g/mol. The Bertz CT molecular complexity index is 3200. The zero-order chi connectivity index (χ0) is 56.7. The predicted molar refractivity (Wildman–Crippen MR) is 292 cm³/mol. The average Bonchev–Trinajstić information content (AvgIpc) is 3.56. The maximum atomic E-state index is 12.8. The second-order valence-electron chi connectivity index (χ2n) is 19.9. The number of allylic oxidation sites excluding steroid dienone is 3. The lowest BCUT2D eigenvalue weighted by Gasteiger charge is -2.30. The molecule has 2 heterocycles. The standard InChI is InChI=1S/C53H72N2O18S4/c1-52(2,3)50-37-40(45-22-16-41(38-48(45)73-50)54(25-12-36-76(62,63)64)27-28-69-31-32-71-34-33-70-30-29-68-5)13-10-14-49-53(4,24-11-35-75(59,60)61)46-39-44(77(65,66)67)21-23-47(46)55(49)26-9-7-8-15-51(56)72-42-17-19-43(20-18-42)74(6,57)58/h10,13-14,16-23,37-39H,7-9,11-12,15,24-36H2,1-6H3,(H2-,59,60,61,62,63,64,65,66,67)/p+1. The van der Waals surface area contributed by atoms with Crippen LogP contribution in [-0.4, -0.2) is 144 Å². The zero-order valence-corrected chi connectivity index (χ0v) is 47.8. The van der Waals surface area contributed by atoms with Gasteiger partial charge < -0.3 is 33.0 Å². The van der Waals surface area contributed by atoms with Gasteiger partial charge in [-0.05, 0) is 104 Å². The molecule has 0 bridgehead atoms. The largest absolute Gasteiger partial charge is 0.460 e. The first-order chi connectivity index (χ1) is 36.1. The van der Waals surface area contributed by atoms with Gasteiger partial charge in [0, 0.05) is 66.6 Å². The number of fused-ring (bicyclic) bond motifs is 2. The number of sulfone groups is 1. The zero-order valence-electron chi connectivity index (χ0n) is 44.5. The van der Waals surface area contributed by atoms with Crippen molar-refractivity contribution in [2.45, 2.75) is 93.3 Å². The molecular formula is C53H73N2O18S4+. The summed E-state index contributed by atoms with van der Waals surface area (Å²) in [5, 5.41) is 0.718. The third-order valence-electron chi connectivity index (χ3n) is 12.8. The fourth-order valence-corrected chi connectivity index (χ4v) is 10.9. The lowest BCUT2D eigenvalue weighted by molar-refractivity contribution is -0.134. The van der Waals surface area contributed by atoms with Crippen molar-refractivity contribution in [2.75, 3.05) is 95.7 Å². The van der Waals surface area contributed by atoms with Crippen LogP contribution in [0.2, 0.25) is 0 Å². The Morgan fingerprint density at radius 1 is 0.727 bits per heavy atom. The molecule has 2 aromatic carbocycles. The number of hydrogen-bond donors (Lipinski definition) is 3. The van der Waals surface area contributed by atoms with E-state index < -0.39 is 68.5 Å². The van der Waals surface area contributed by atoms with E-state index in [4.69, 9.17) is 28.1 Å². The molecule has 5 rings (SSSR count). The van der Waals surface area contributed by atoms with Crippen molar-refractivity contribution in [3.05, 3.63) is 107 Å². The van der Waals surface area contributed by atoms with E-state index in [9.17, 15) is 52.1 Å². The van der Waals surface area contributed by atoms with Crippen LogP contribution in [0, 0.1) is 0 Å². The number of carbonyl (C=O) groups excluding carboxylic acids is 1. The lowest BCUT2D eigenvalue weighted by atomic mass is 9.77. The predicted octanol–water partition coefficient (Wildman–Crippen LogP) is 6.59. The summed E-state index contributed by atoms with van der Waals surface area (Å²) in [5.41, 5.74) is 1.80. The number of hydrogen-bond acceptors (Lipinski definition) is 16. The molecule has 24 heteroatoms. The topological polar surface area (TPSA) is 280 Å². The molecule has 0 aromatic heterocycles. The number of benzene rings is 3. The molecule has 0 saturated carbocycles. The van der Waals surface area contributed by atoms with Gasteiger partial charge in [0.15, 0.2) is 16.4 Å². The number of anilines is 1. The van der Waals surface area contributed by atoms with Gasteiger partial charge in [0.2, 0.25) is 5.36 Å². The number of ether oxygens (including phenoxy) is 5. The maximum absolute atomic E-state index is 12.8. The first-order valence-corrected chi connectivity index (χ1v) is 31.7. The van der Waals surface area contributed by atoms with Crippen LogP contribution in [0.3, 0.4) is 0 Å². The van der Waals surface area contributed by atoms with Crippen LogP contribution in [0.1, 0.15) is 89.5 Å². The van der Waals surface area contributed by atoms with Crippen LogP contribution in [0.25, 0.3) is 17.4 Å². The smallest absolute Gasteiger partial charge is 0.311 e. The molecule has 0 spiro atoms. The van der Waals surface area contributed by atoms with E-state index in [1.54, 1.807) is 13.2 Å². The van der Waals surface area contributed by atoms with E-state index in [0.29, 0.717) is 100 Å². The van der Waals surface area contributed by atoms with Gasteiger partial charge in [-0.15, -0.1) is 0 Å². The molecule has 20 nitrogen and oxygen atoms in total. The van der Waals surface area contributed by atoms with Crippen molar-refractivity contribution in [3.63, 3.8) is 0 Å². The molecule has 2 aromatic rings. The molecule has 1 unspecified atom stereocenters. The highest BCUT2D eigenvalue weighted by Crippen LogP contribution is 2.51. The van der Waals surface area contributed by atoms with Crippen LogP contribution in [0.5, 0.6) is 5.75 Å². The highest BCUT2D eigenvalue weighted by molar-refractivity contribution is 7.90. The minimum Gasteiger partial charge on any atom is -0.460 e. The number of carbonyl (C=O) groups is 1. The summed E-state index contributed by atoms with van der Waals surface area (Å²) in [5.74, 6) is -0.106. The van der Waals surface area contributed by atoms with E-state index in [2.05, 4.69) is 0 Å². The van der Waals surface area contributed by atoms with Gasteiger partial charge >= 0.3 is 5.97 Å². The Labute approximate surface area is 453 Å². The molecule has 1 aliphatic carbocycles. The lowest BCUT2D eigenvalue weighted by Crippen LogP contribution is -2.35. The molecule has 0 amide bonds. The van der Waals surface area contributed by atoms with Crippen molar-refractivity contribution in [1.29, 1.82) is 0 Å². The summed E-state index contributed by atoms with van der Waals surface area (Å²) in [4.78, 5) is 14.5. The summed E-state index contributed by atoms with van der Waals surface area (Å²) in [6, 6.07) is 17.4. The highest BCUT2D eigenvalue weighted by atomic mass is 32.2. The van der Waals surface area contributed by atoms with Crippen molar-refractivity contribution >= 4 is 57.9 Å². The first kappa shape index (κ1) is 63.0. The van der Waals surface area contributed by atoms with Crippen LogP contribution in [0.15, 0.2) is 98.8 Å². The molecule has 3 N–H and O–H groups in total. The molecule has 0 fully saturated rings. The molecule has 0 saturated heterocycles. The van der Waals surface area contributed by atoms with Gasteiger partial charge in [0.1, 0.15) is 30.4 Å². The fourth-order valence-electron chi connectivity index (χ4n) is 8.77. The summed E-state index contributed by atoms with van der Waals surface area (Å²) in [7, 11) is -15.1. The van der Waals surface area contributed by atoms with Crippen LogP contribution < -0.4 is 19.6 Å². The highest BCUT2D eigenvalue weighted by Gasteiger charge is 2.44. The Morgan fingerprint density at radius 3 is 1.96 bits per heavy atom. The third-order valence-corrected chi connectivity index (χ3v) is 16.3. The molecule has 1 atom stereocenters. The van der Waals surface area contributed by atoms with Crippen LogP contribution in [0.4, 0.5) is 5.69 Å². The van der Waals surface area contributed by atoms with Crippen LogP contribution in [-0.2, 0) is 74.8 Å². The van der Waals surface area contributed by atoms with Crippen molar-refractivity contribution in [2.24, 2.45) is 0 Å². The van der Waals surface area contributed by atoms with E-state index >= 15 is 0 Å². The third kappa shape index (κ3) is 19.8. The summed E-state index contributed by atoms with van der Waals surface area (Å²) in [6.07, 6.45) is 8.58. The second-order valence-corrected chi connectivity index (χ2v) is 26.5. The number of nitrogens with zero attached hydrogens (tertiary/aromatic N) is 2. The van der Waals surface area contributed by atoms with Gasteiger partial charge in [-0.3, -0.25) is 18.5 Å². The normalized spacial score (nSPS) is 16.4. The Morgan fingerprint density at radius 2 is 1.35 bits per heavy atom. The maximum Gasteiger partial charge on any atom is 0.311 e. The van der Waals surface area contributed by atoms with Crippen molar-refractivity contribution in [3.8, 4) is 17.1 Å². The minimum atomic E-state index is -4.66. The molecule has 426 valence electrons. The van der Waals surface area contributed by atoms with E-state index in [-0.39, 0.29) is 54.4 Å². The van der Waals surface area contributed by atoms with Gasteiger partial charge in [-0.1, -0.05) is 39.3 Å². The van der Waals surface area contributed by atoms with Gasteiger partial charge in [-0.25, -0.2) is 13.0 Å². The van der Waals surface area contributed by atoms with Crippen molar-refractivity contribution in [1.82, 2.24) is 4.58 Å². The van der Waals surface area contributed by atoms with E-state index in [0.717, 1.165) is 22.7 Å². The Hall–Kier alpha value is -4.86. The van der Waals surface area contributed by atoms with E-state index in [1.165, 1.54) is 36.4 Å². The second kappa shape index (κ2) is 27.8. The molecule has 77 heavy (non-hydrogen) atoms. The summed E-state index contributed by atoms with van der Waals surface area (Å²) in [6.45, 7) is 11.6. The Balaban J connectivity index is 1.47. The molecule has 0 radical (unpaired) electrons. The quantitative estimate of drug-likeness (QED) is 0.0158. The van der Waals surface area contributed by atoms with Crippen molar-refractivity contribution < 1.29 is 80.2 Å². The SMILES string of the molecule is COCCOCCOCCOCC[N+](CCCS(=O)(=O)O)=c1ccc2c(/C=C/C=C3\N(CCCCCC(=O)Oc4ccc(S(C)(=O)=O)cc4)c4ccc(S(=O)(=O)O)cc4C3(C)CCCS(=O)(=O)O)cc(C(C)(C)C)oc-2c1. The van der Waals surface area contributed by atoms with Gasteiger partial charge in [0.25, 0.3) is 30.4 Å². The number of rotatable bonds is 31. The average molecular weight is 1150 g/mol. The minimum absolute atomic E-state index is 0.000201. The van der Waals surface area contributed by atoms with E-state index in [1.807, 2.05) is 79.7 Å². The summed E-state index contributed by atoms with van der Waals surface area (Å²) >= 11 is 0. The van der Waals surface area contributed by atoms with Gasteiger partial charge in [0.05, 0.1) is 67.0 Å². The van der Waals surface area contributed by atoms with Gasteiger partial charge in [-0.2, -0.15) is 25.3 Å². The molecule has 3 aliphatic rings. The van der Waals surface area contributed by atoms with Crippen LogP contribution >= 0.6 is 0 Å². The Kier molecular flexibility index (Phi) is 22.8. The monoisotopic (exact) mass is 1150 g/mol. The fraction of sp³-hybridized carbons (Fsp3) is 0.509. The first-order valence-electron chi connectivity index (χ1n) is 25.2. The number of unbranched alkanes of at least 4 members (excludes halogenated alkanes) is 2. The number of esters is 1. The number of methoxy groups -OCH3 is 1. The molecule has 2 aliphatic heterocycles.